The molecule has 1 aromatic heterocycles. The van der Waals surface area contributed by atoms with E-state index in [1.807, 2.05) is 30.3 Å². The Kier molecular flexibility index (Phi) is 6.51. The van der Waals surface area contributed by atoms with Crippen molar-refractivity contribution in [1.82, 2.24) is 15.3 Å². The maximum atomic E-state index is 12.5. The quantitative estimate of drug-likeness (QED) is 0.534. The van der Waals surface area contributed by atoms with Crippen molar-refractivity contribution in [3.05, 3.63) is 65.9 Å². The van der Waals surface area contributed by atoms with E-state index >= 15 is 0 Å². The van der Waals surface area contributed by atoms with Gasteiger partial charge in [-0.3, -0.25) is 4.79 Å². The van der Waals surface area contributed by atoms with Crippen LogP contribution in [0.4, 0.5) is 17.3 Å². The van der Waals surface area contributed by atoms with Gasteiger partial charge < -0.3 is 15.5 Å². The highest BCUT2D eigenvalue weighted by Crippen LogP contribution is 2.30. The van der Waals surface area contributed by atoms with Crippen molar-refractivity contribution >= 4 is 23.2 Å². The summed E-state index contributed by atoms with van der Waals surface area (Å²) in [6.07, 6.45) is 9.82. The highest BCUT2D eigenvalue weighted by Gasteiger charge is 2.16. The Bertz CT molecular complexity index is 1110. The molecule has 0 radical (unpaired) electrons. The van der Waals surface area contributed by atoms with Crippen molar-refractivity contribution in [2.24, 2.45) is 0 Å². The Morgan fingerprint density at radius 3 is 2.45 bits per heavy atom. The third-order valence-corrected chi connectivity index (χ3v) is 6.54. The van der Waals surface area contributed by atoms with Gasteiger partial charge in [0, 0.05) is 48.3 Å². The number of rotatable bonds is 1. The van der Waals surface area contributed by atoms with Crippen molar-refractivity contribution < 1.29 is 4.79 Å². The van der Waals surface area contributed by atoms with E-state index in [4.69, 9.17) is 4.98 Å². The molecule has 0 spiro atoms. The lowest BCUT2D eigenvalue weighted by molar-refractivity contribution is 0.0953. The zero-order valence-corrected chi connectivity index (χ0v) is 19.0. The number of benzene rings is 2. The number of nitrogens with zero attached hydrogens (tertiary/aromatic N) is 3. The summed E-state index contributed by atoms with van der Waals surface area (Å²) in [5, 5.41) is 6.47. The largest absolute Gasteiger partial charge is 0.371 e. The molecule has 1 fully saturated rings. The molecule has 0 atom stereocenters. The van der Waals surface area contributed by atoms with Crippen LogP contribution >= 0.6 is 0 Å². The van der Waals surface area contributed by atoms with Gasteiger partial charge in [-0.25, -0.2) is 9.97 Å². The van der Waals surface area contributed by atoms with E-state index in [-0.39, 0.29) is 5.91 Å². The maximum absolute atomic E-state index is 12.5. The van der Waals surface area contributed by atoms with Gasteiger partial charge >= 0.3 is 0 Å². The smallest absolute Gasteiger partial charge is 0.251 e. The number of anilines is 3. The van der Waals surface area contributed by atoms with Crippen molar-refractivity contribution in [2.75, 3.05) is 29.9 Å². The number of fused-ring (bicyclic) bond motifs is 8. The first-order chi connectivity index (χ1) is 16.3. The summed E-state index contributed by atoms with van der Waals surface area (Å²) in [4.78, 5) is 24.2. The highest BCUT2D eigenvalue weighted by atomic mass is 16.1. The number of carbonyl (C=O) groups excluding carboxylic acids is 1. The minimum Gasteiger partial charge on any atom is -0.371 e. The Labute approximate surface area is 195 Å². The molecular weight excluding hydrogens is 410 g/mol. The molecule has 170 valence electrons. The molecule has 2 N–H and O–H groups in total. The SMILES string of the molecule is O=C1NCCCCCc2cc(ccc2N2CCCCC2)Nc2nccc(n2)-c2ccc1cc2. The zero-order chi connectivity index (χ0) is 22.5. The van der Waals surface area contributed by atoms with Gasteiger partial charge in [-0.05, 0) is 80.5 Å². The molecule has 0 saturated carbocycles. The van der Waals surface area contributed by atoms with Crippen LogP contribution in [0.5, 0.6) is 0 Å². The summed E-state index contributed by atoms with van der Waals surface area (Å²) < 4.78 is 0. The Morgan fingerprint density at radius 2 is 1.61 bits per heavy atom. The second kappa shape index (κ2) is 10.0. The molecule has 33 heavy (non-hydrogen) atoms. The van der Waals surface area contributed by atoms with E-state index in [9.17, 15) is 4.79 Å². The van der Waals surface area contributed by atoms with Crippen LogP contribution in [-0.4, -0.2) is 35.5 Å². The van der Waals surface area contributed by atoms with E-state index in [2.05, 4.69) is 38.7 Å². The fraction of sp³-hybridized carbons (Fsp3) is 0.370. The van der Waals surface area contributed by atoms with E-state index in [0.717, 1.165) is 55.7 Å². The Morgan fingerprint density at radius 1 is 0.818 bits per heavy atom. The fourth-order valence-electron chi connectivity index (χ4n) is 4.73. The van der Waals surface area contributed by atoms with Crippen LogP contribution in [0.2, 0.25) is 0 Å². The van der Waals surface area contributed by atoms with Crippen LogP contribution in [0, 0.1) is 0 Å². The monoisotopic (exact) mass is 441 g/mol. The first-order valence-corrected chi connectivity index (χ1v) is 12.1. The Hall–Kier alpha value is -3.41. The lowest BCUT2D eigenvalue weighted by atomic mass is 10.0. The molecule has 6 rings (SSSR count). The first-order valence-electron chi connectivity index (χ1n) is 12.1. The van der Waals surface area contributed by atoms with E-state index in [1.165, 1.54) is 30.5 Å². The molecule has 0 aliphatic carbocycles. The first kappa shape index (κ1) is 21.4. The molecule has 3 aliphatic heterocycles. The summed E-state index contributed by atoms with van der Waals surface area (Å²) >= 11 is 0. The molecule has 1 saturated heterocycles. The van der Waals surface area contributed by atoms with Gasteiger partial charge in [0.05, 0.1) is 5.69 Å². The van der Waals surface area contributed by atoms with Gasteiger partial charge in [-0.15, -0.1) is 0 Å². The fourth-order valence-corrected chi connectivity index (χ4v) is 4.73. The lowest BCUT2D eigenvalue weighted by Crippen LogP contribution is -2.30. The van der Waals surface area contributed by atoms with Gasteiger partial charge in [-0.2, -0.15) is 0 Å². The van der Waals surface area contributed by atoms with Crippen molar-refractivity contribution in [3.63, 3.8) is 0 Å². The standard InChI is InChI=1S/C27H31N5O/c33-26-21-10-8-20(9-11-21)24-14-16-29-27(31-24)30-23-12-13-25(32-17-5-2-6-18-32)22(19-23)7-3-1-4-15-28-26/h8-14,16,19H,1-7,15,17-18H2,(H,28,33)(H,29,30,31). The maximum Gasteiger partial charge on any atom is 0.251 e. The summed E-state index contributed by atoms with van der Waals surface area (Å²) in [5.74, 6) is 0.555. The summed E-state index contributed by atoms with van der Waals surface area (Å²) in [5.41, 5.74) is 6.21. The van der Waals surface area contributed by atoms with Gasteiger partial charge in [0.1, 0.15) is 0 Å². The molecule has 6 bridgehead atoms. The number of aromatic nitrogens is 2. The molecule has 1 amide bonds. The third kappa shape index (κ3) is 5.16. The number of hydrogen-bond donors (Lipinski definition) is 2. The number of piperidine rings is 1. The van der Waals surface area contributed by atoms with Crippen LogP contribution in [0.1, 0.15) is 54.4 Å². The number of aryl methyl sites for hydroxylation is 1. The van der Waals surface area contributed by atoms with Crippen LogP contribution in [0.25, 0.3) is 11.3 Å². The molecule has 4 heterocycles. The Balaban J connectivity index is 1.46. The zero-order valence-electron chi connectivity index (χ0n) is 19.0. The highest BCUT2D eigenvalue weighted by molar-refractivity contribution is 5.94. The molecule has 3 aliphatic rings. The number of amides is 1. The third-order valence-electron chi connectivity index (χ3n) is 6.54. The second-order valence-corrected chi connectivity index (χ2v) is 8.93. The molecule has 6 nitrogen and oxygen atoms in total. The number of carbonyl (C=O) groups is 1. The van der Waals surface area contributed by atoms with Gasteiger partial charge in [0.2, 0.25) is 5.95 Å². The van der Waals surface area contributed by atoms with Crippen LogP contribution in [0.3, 0.4) is 0 Å². The van der Waals surface area contributed by atoms with E-state index in [0.29, 0.717) is 18.1 Å². The van der Waals surface area contributed by atoms with Crippen LogP contribution < -0.4 is 15.5 Å². The van der Waals surface area contributed by atoms with Gasteiger partial charge in [0.25, 0.3) is 5.91 Å². The molecular formula is C27H31N5O. The predicted molar refractivity (Wildman–Crippen MR) is 133 cm³/mol. The van der Waals surface area contributed by atoms with Gasteiger partial charge in [0.15, 0.2) is 0 Å². The average molecular weight is 442 g/mol. The topological polar surface area (TPSA) is 70.2 Å². The molecule has 6 heteroatoms. The number of hydrogen-bond acceptors (Lipinski definition) is 5. The van der Waals surface area contributed by atoms with Crippen molar-refractivity contribution in [3.8, 4) is 11.3 Å². The number of nitrogens with one attached hydrogen (secondary N) is 2. The molecule has 2 aromatic carbocycles. The molecule has 3 aromatic rings. The summed E-state index contributed by atoms with van der Waals surface area (Å²) in [7, 11) is 0. The predicted octanol–water partition coefficient (Wildman–Crippen LogP) is 5.33. The van der Waals surface area contributed by atoms with E-state index in [1.54, 1.807) is 6.20 Å². The molecule has 0 unspecified atom stereocenters. The van der Waals surface area contributed by atoms with E-state index < -0.39 is 0 Å². The summed E-state index contributed by atoms with van der Waals surface area (Å²) in [6.45, 7) is 2.97. The van der Waals surface area contributed by atoms with Crippen LogP contribution in [-0.2, 0) is 6.42 Å². The van der Waals surface area contributed by atoms with Gasteiger partial charge in [-0.1, -0.05) is 18.6 Å². The van der Waals surface area contributed by atoms with Crippen molar-refractivity contribution in [1.29, 1.82) is 0 Å². The van der Waals surface area contributed by atoms with Crippen LogP contribution in [0.15, 0.2) is 54.7 Å². The normalized spacial score (nSPS) is 17.0. The second-order valence-electron chi connectivity index (χ2n) is 8.93. The average Bonchev–Trinajstić information content (AvgIpc) is 2.86. The lowest BCUT2D eigenvalue weighted by Gasteiger charge is -2.31. The van der Waals surface area contributed by atoms with Crippen molar-refractivity contribution in [2.45, 2.75) is 44.9 Å². The minimum atomic E-state index is -0.0206. The minimum absolute atomic E-state index is 0.0206. The summed E-state index contributed by atoms with van der Waals surface area (Å²) in [6, 6.07) is 16.1.